The summed E-state index contributed by atoms with van der Waals surface area (Å²) in [5.74, 6) is -1.25. The number of rotatable bonds is 7. The minimum absolute atomic E-state index is 0.274. The van der Waals surface area contributed by atoms with E-state index >= 15 is 0 Å². The summed E-state index contributed by atoms with van der Waals surface area (Å²) in [5.41, 5.74) is 4.35. The Morgan fingerprint density at radius 2 is 1.79 bits per heavy atom. The molecule has 0 atom stereocenters. The van der Waals surface area contributed by atoms with Crippen LogP contribution in [-0.2, 0) is 11.3 Å². The van der Waals surface area contributed by atoms with Crippen LogP contribution in [0.1, 0.15) is 32.1 Å². The number of hydrogen-bond donors (Lipinski definition) is 0. The highest BCUT2D eigenvalue weighted by molar-refractivity contribution is 6.06. The zero-order valence-electron chi connectivity index (χ0n) is 18.5. The number of Topliss-reactive ketones (excluding diaryl/α,β-unsaturated/α-hetero) is 1. The molecular formula is C27H23FN2O3. The van der Waals surface area contributed by atoms with Crippen LogP contribution in [0.3, 0.4) is 0 Å². The Bertz CT molecular complexity index is 1370. The normalized spacial score (nSPS) is 10.9. The van der Waals surface area contributed by atoms with Gasteiger partial charge in [-0.1, -0.05) is 24.3 Å². The monoisotopic (exact) mass is 442 g/mol. The zero-order chi connectivity index (χ0) is 23.5. The van der Waals surface area contributed by atoms with Gasteiger partial charge in [0.2, 0.25) is 5.78 Å². The number of carbonyl (C=O) groups is 2. The van der Waals surface area contributed by atoms with Gasteiger partial charge in [-0.05, 0) is 56.3 Å². The molecule has 0 unspecified atom stereocenters. The molecule has 4 aromatic rings. The number of para-hydroxylation sites is 1. The van der Waals surface area contributed by atoms with Crippen molar-refractivity contribution in [1.82, 2.24) is 9.55 Å². The summed E-state index contributed by atoms with van der Waals surface area (Å²) in [7, 11) is 0. The van der Waals surface area contributed by atoms with Crippen molar-refractivity contribution >= 4 is 22.7 Å². The number of aromatic nitrogens is 2. The average molecular weight is 442 g/mol. The summed E-state index contributed by atoms with van der Waals surface area (Å²) in [5, 5.41) is 0.616. The molecule has 5 nitrogen and oxygen atoms in total. The predicted molar refractivity (Wildman–Crippen MR) is 126 cm³/mol. The molecule has 0 amide bonds. The van der Waals surface area contributed by atoms with E-state index in [4.69, 9.17) is 4.74 Å². The number of nitrogens with zero attached hydrogens (tertiary/aromatic N) is 2. The van der Waals surface area contributed by atoms with Crippen molar-refractivity contribution in [2.45, 2.75) is 20.4 Å². The van der Waals surface area contributed by atoms with Gasteiger partial charge in [-0.3, -0.25) is 4.79 Å². The molecule has 0 saturated heterocycles. The van der Waals surface area contributed by atoms with Crippen LogP contribution >= 0.6 is 0 Å². The van der Waals surface area contributed by atoms with E-state index in [1.807, 2.05) is 24.5 Å². The number of aryl methyl sites for hydroxylation is 1. The number of esters is 1. The lowest BCUT2D eigenvalue weighted by Crippen LogP contribution is -2.15. The topological polar surface area (TPSA) is 61.2 Å². The lowest BCUT2D eigenvalue weighted by atomic mass is 10.0. The highest BCUT2D eigenvalue weighted by atomic mass is 19.1. The number of pyridine rings is 1. The second-order valence-electron chi connectivity index (χ2n) is 7.76. The molecule has 0 spiro atoms. The van der Waals surface area contributed by atoms with Gasteiger partial charge in [0.15, 0.2) is 6.61 Å². The number of halogens is 1. The standard InChI is InChI=1S/C27H23FN2O3/c1-4-13-30-17(2)14-22(18(30)3)26(31)16-33-27(32)23-15-25(19-9-11-20(28)12-10-19)29-24-8-6-5-7-21(23)24/h4-12,14-15H,1,13,16H2,2-3H3. The Balaban J connectivity index is 1.62. The minimum atomic E-state index is -0.620. The van der Waals surface area contributed by atoms with Gasteiger partial charge in [0.1, 0.15) is 5.82 Å². The Morgan fingerprint density at radius 3 is 2.52 bits per heavy atom. The largest absolute Gasteiger partial charge is 0.454 e. The van der Waals surface area contributed by atoms with Crippen molar-refractivity contribution in [2.24, 2.45) is 0 Å². The molecular weight excluding hydrogens is 419 g/mol. The highest BCUT2D eigenvalue weighted by Crippen LogP contribution is 2.26. The minimum Gasteiger partial charge on any atom is -0.454 e. The number of fused-ring (bicyclic) bond motifs is 1. The molecule has 0 aliphatic carbocycles. The molecule has 6 heteroatoms. The fraction of sp³-hybridized carbons (Fsp3) is 0.148. The van der Waals surface area contributed by atoms with Crippen molar-refractivity contribution < 1.29 is 18.7 Å². The van der Waals surface area contributed by atoms with E-state index in [-0.39, 0.29) is 18.2 Å². The Hall–Kier alpha value is -4.06. The molecule has 33 heavy (non-hydrogen) atoms. The summed E-state index contributed by atoms with van der Waals surface area (Å²) < 4.78 is 20.7. The first-order valence-electron chi connectivity index (χ1n) is 10.5. The van der Waals surface area contributed by atoms with E-state index in [0.717, 1.165) is 11.4 Å². The molecule has 166 valence electrons. The fourth-order valence-electron chi connectivity index (χ4n) is 3.89. The molecule has 0 radical (unpaired) electrons. The van der Waals surface area contributed by atoms with E-state index in [0.29, 0.717) is 39.8 Å². The number of allylic oxidation sites excluding steroid dienone is 1. The first-order valence-corrected chi connectivity index (χ1v) is 10.5. The lowest BCUT2D eigenvalue weighted by molar-refractivity contribution is 0.0476. The zero-order valence-corrected chi connectivity index (χ0v) is 18.5. The van der Waals surface area contributed by atoms with Crippen LogP contribution in [0, 0.1) is 19.7 Å². The second kappa shape index (κ2) is 9.20. The van der Waals surface area contributed by atoms with Gasteiger partial charge in [0.05, 0.1) is 16.8 Å². The maximum absolute atomic E-state index is 13.3. The summed E-state index contributed by atoms with van der Waals surface area (Å²) in [4.78, 5) is 30.4. The first kappa shape index (κ1) is 22.1. The third-order valence-electron chi connectivity index (χ3n) is 5.60. The van der Waals surface area contributed by atoms with Gasteiger partial charge < -0.3 is 9.30 Å². The van der Waals surface area contributed by atoms with Gasteiger partial charge in [-0.2, -0.15) is 0 Å². The molecule has 4 rings (SSSR count). The third kappa shape index (κ3) is 4.46. The molecule has 0 N–H and O–H groups in total. The van der Waals surface area contributed by atoms with E-state index in [1.54, 1.807) is 48.5 Å². The molecule has 0 aliphatic heterocycles. The molecule has 2 heterocycles. The van der Waals surface area contributed by atoms with Gasteiger partial charge in [0.25, 0.3) is 0 Å². The van der Waals surface area contributed by atoms with E-state index in [1.165, 1.54) is 12.1 Å². The summed E-state index contributed by atoms with van der Waals surface area (Å²) in [6.07, 6.45) is 1.77. The Morgan fingerprint density at radius 1 is 1.06 bits per heavy atom. The van der Waals surface area contributed by atoms with Gasteiger partial charge in [0, 0.05) is 34.4 Å². The van der Waals surface area contributed by atoms with Crippen molar-refractivity contribution in [1.29, 1.82) is 0 Å². The smallest absolute Gasteiger partial charge is 0.339 e. The van der Waals surface area contributed by atoms with Crippen LogP contribution in [0.4, 0.5) is 4.39 Å². The quantitative estimate of drug-likeness (QED) is 0.210. The second-order valence-corrected chi connectivity index (χ2v) is 7.76. The number of carbonyl (C=O) groups excluding carboxylic acids is 2. The molecule has 0 saturated carbocycles. The molecule has 2 aromatic carbocycles. The summed E-state index contributed by atoms with van der Waals surface area (Å²) in [6, 6.07) is 16.5. The van der Waals surface area contributed by atoms with Crippen molar-refractivity contribution in [3.05, 3.63) is 102 Å². The van der Waals surface area contributed by atoms with Crippen molar-refractivity contribution in [3.63, 3.8) is 0 Å². The van der Waals surface area contributed by atoms with E-state index in [2.05, 4.69) is 11.6 Å². The fourth-order valence-corrected chi connectivity index (χ4v) is 3.89. The van der Waals surface area contributed by atoms with Gasteiger partial charge in [-0.25, -0.2) is 14.2 Å². The van der Waals surface area contributed by atoms with E-state index in [9.17, 15) is 14.0 Å². The van der Waals surface area contributed by atoms with Crippen LogP contribution in [0.25, 0.3) is 22.2 Å². The number of ether oxygens (including phenoxy) is 1. The Labute approximate surface area is 191 Å². The average Bonchev–Trinajstić information content (AvgIpc) is 3.11. The third-order valence-corrected chi connectivity index (χ3v) is 5.60. The molecule has 2 aromatic heterocycles. The van der Waals surface area contributed by atoms with E-state index < -0.39 is 5.97 Å². The first-order chi connectivity index (χ1) is 15.9. The van der Waals surface area contributed by atoms with Crippen molar-refractivity contribution in [2.75, 3.05) is 6.61 Å². The van der Waals surface area contributed by atoms with Crippen molar-refractivity contribution in [3.8, 4) is 11.3 Å². The van der Waals surface area contributed by atoms with Gasteiger partial charge in [-0.15, -0.1) is 6.58 Å². The van der Waals surface area contributed by atoms with Crippen LogP contribution in [0.2, 0.25) is 0 Å². The molecule has 0 fully saturated rings. The number of benzene rings is 2. The van der Waals surface area contributed by atoms with Gasteiger partial charge >= 0.3 is 5.97 Å². The maximum atomic E-state index is 13.3. The maximum Gasteiger partial charge on any atom is 0.339 e. The van der Waals surface area contributed by atoms with Crippen LogP contribution in [0.5, 0.6) is 0 Å². The molecule has 0 aliphatic rings. The number of ketones is 1. The Kier molecular flexibility index (Phi) is 6.18. The highest BCUT2D eigenvalue weighted by Gasteiger charge is 2.20. The van der Waals surface area contributed by atoms with Crippen LogP contribution in [-0.4, -0.2) is 27.9 Å². The number of hydrogen-bond acceptors (Lipinski definition) is 4. The summed E-state index contributed by atoms with van der Waals surface area (Å²) in [6.45, 7) is 7.74. The summed E-state index contributed by atoms with van der Waals surface area (Å²) >= 11 is 0. The van der Waals surface area contributed by atoms with Crippen LogP contribution in [0.15, 0.2) is 73.3 Å². The molecule has 0 bridgehead atoms. The SMILES string of the molecule is C=CCn1c(C)cc(C(=O)COC(=O)c2cc(-c3ccc(F)cc3)nc3ccccc23)c1C. The van der Waals surface area contributed by atoms with Crippen LogP contribution < -0.4 is 0 Å². The predicted octanol–water partition coefficient (Wildman–Crippen LogP) is 5.68. The lowest BCUT2D eigenvalue weighted by Gasteiger charge is -2.10.